The van der Waals surface area contributed by atoms with Crippen LogP contribution in [0.5, 0.6) is 0 Å². The Morgan fingerprint density at radius 2 is 2.11 bits per heavy atom. The first kappa shape index (κ1) is 17.6. The first-order valence-corrected chi connectivity index (χ1v) is 9.70. The number of carbonyl (C=O) groups excluding carboxylic acids is 2. The van der Waals surface area contributed by atoms with Gasteiger partial charge >= 0.3 is 0 Å². The van der Waals surface area contributed by atoms with Crippen LogP contribution >= 0.6 is 11.3 Å². The van der Waals surface area contributed by atoms with Crippen LogP contribution in [-0.4, -0.2) is 29.5 Å². The van der Waals surface area contributed by atoms with Crippen LogP contribution < -0.4 is 10.6 Å². The number of amides is 2. The highest BCUT2D eigenvalue weighted by Crippen LogP contribution is 2.22. The number of hydrogen-bond donors (Lipinski definition) is 2. The molecule has 2 N–H and O–H groups in total. The molecule has 1 aromatic heterocycles. The minimum Gasteiger partial charge on any atom is -0.368 e. The number of nitrogens with zero attached hydrogens (tertiary/aromatic N) is 1. The third-order valence-electron chi connectivity index (χ3n) is 4.49. The summed E-state index contributed by atoms with van der Waals surface area (Å²) in [7, 11) is 0. The molecule has 1 atom stereocenters. The molecule has 3 aromatic rings. The number of ether oxygens (including phenoxy) is 1. The lowest BCUT2D eigenvalue weighted by Crippen LogP contribution is -2.27. The topological polar surface area (TPSA) is 80.3 Å². The van der Waals surface area contributed by atoms with Gasteiger partial charge in [-0.05, 0) is 42.7 Å². The number of aromatic nitrogens is 1. The van der Waals surface area contributed by atoms with E-state index >= 15 is 0 Å². The predicted octanol–water partition coefficient (Wildman–Crippen LogP) is 3.34. The minimum absolute atomic E-state index is 0.165. The maximum atomic E-state index is 12.5. The van der Waals surface area contributed by atoms with Gasteiger partial charge in [-0.3, -0.25) is 9.59 Å². The molecular formula is C20H19N3O3S. The quantitative estimate of drug-likeness (QED) is 0.710. The summed E-state index contributed by atoms with van der Waals surface area (Å²) in [4.78, 5) is 29.0. The molecule has 2 amide bonds. The van der Waals surface area contributed by atoms with E-state index in [-0.39, 0.29) is 11.8 Å². The number of anilines is 1. The molecule has 0 radical (unpaired) electrons. The van der Waals surface area contributed by atoms with Crippen molar-refractivity contribution in [2.24, 2.45) is 0 Å². The Kier molecular flexibility index (Phi) is 5.13. The van der Waals surface area contributed by atoms with Gasteiger partial charge in [0, 0.05) is 24.4 Å². The van der Waals surface area contributed by atoms with Crippen LogP contribution in [-0.2, 0) is 16.1 Å². The van der Waals surface area contributed by atoms with Crippen LogP contribution in [0.1, 0.15) is 28.8 Å². The van der Waals surface area contributed by atoms with Gasteiger partial charge in [-0.15, -0.1) is 11.3 Å². The predicted molar refractivity (Wildman–Crippen MR) is 105 cm³/mol. The minimum atomic E-state index is -0.401. The van der Waals surface area contributed by atoms with Gasteiger partial charge in [-0.25, -0.2) is 4.98 Å². The molecule has 7 heteroatoms. The number of benzene rings is 2. The van der Waals surface area contributed by atoms with Crippen molar-refractivity contribution in [2.75, 3.05) is 11.9 Å². The number of carbonyl (C=O) groups is 2. The van der Waals surface area contributed by atoms with Crippen LogP contribution in [0.25, 0.3) is 10.2 Å². The Bertz CT molecular complexity index is 979. The van der Waals surface area contributed by atoms with E-state index in [1.165, 1.54) is 0 Å². The van der Waals surface area contributed by atoms with Crippen LogP contribution in [0.2, 0.25) is 0 Å². The summed E-state index contributed by atoms with van der Waals surface area (Å²) < 4.78 is 6.46. The van der Waals surface area contributed by atoms with Gasteiger partial charge in [0.15, 0.2) is 0 Å². The highest BCUT2D eigenvalue weighted by Gasteiger charge is 2.23. The highest BCUT2D eigenvalue weighted by molar-refractivity contribution is 7.16. The summed E-state index contributed by atoms with van der Waals surface area (Å²) in [6.07, 6.45) is 1.23. The van der Waals surface area contributed by atoms with Crippen LogP contribution in [0.3, 0.4) is 0 Å². The molecule has 6 nitrogen and oxygen atoms in total. The van der Waals surface area contributed by atoms with Crippen LogP contribution in [0.4, 0.5) is 5.69 Å². The smallest absolute Gasteiger partial charge is 0.253 e. The highest BCUT2D eigenvalue weighted by atomic mass is 32.1. The monoisotopic (exact) mass is 381 g/mol. The molecule has 4 rings (SSSR count). The lowest BCUT2D eigenvalue weighted by atomic mass is 10.1. The Morgan fingerprint density at radius 3 is 2.96 bits per heavy atom. The normalized spacial score (nSPS) is 16.4. The van der Waals surface area contributed by atoms with E-state index < -0.39 is 6.10 Å². The molecule has 138 valence electrons. The zero-order valence-electron chi connectivity index (χ0n) is 14.6. The maximum Gasteiger partial charge on any atom is 0.253 e. The van der Waals surface area contributed by atoms with Crippen molar-refractivity contribution in [2.45, 2.75) is 25.5 Å². The number of nitrogens with one attached hydrogen (secondary N) is 2. The van der Waals surface area contributed by atoms with Crippen molar-refractivity contribution in [3.8, 4) is 0 Å². The summed E-state index contributed by atoms with van der Waals surface area (Å²) in [6, 6.07) is 12.8. The molecule has 0 aliphatic carbocycles. The van der Waals surface area contributed by atoms with E-state index in [1.807, 2.05) is 18.2 Å². The van der Waals surface area contributed by atoms with E-state index in [9.17, 15) is 9.59 Å². The number of fused-ring (bicyclic) bond motifs is 1. The second-order valence-electron chi connectivity index (χ2n) is 6.37. The van der Waals surface area contributed by atoms with Crippen molar-refractivity contribution >= 4 is 39.1 Å². The van der Waals surface area contributed by atoms with Gasteiger partial charge in [0.1, 0.15) is 6.10 Å². The fourth-order valence-corrected chi connectivity index (χ4v) is 3.91. The Hall–Kier alpha value is -2.77. The fraction of sp³-hybridized carbons (Fsp3) is 0.250. The average Bonchev–Trinajstić information content (AvgIpc) is 3.38. The first-order valence-electron chi connectivity index (χ1n) is 8.82. The maximum absolute atomic E-state index is 12.5. The zero-order valence-corrected chi connectivity index (χ0v) is 15.4. The third kappa shape index (κ3) is 3.99. The summed E-state index contributed by atoms with van der Waals surface area (Å²) >= 11 is 1.56. The summed E-state index contributed by atoms with van der Waals surface area (Å²) in [5.41, 5.74) is 4.86. The summed E-state index contributed by atoms with van der Waals surface area (Å²) in [5.74, 6) is -0.355. The second-order valence-corrected chi connectivity index (χ2v) is 7.23. The van der Waals surface area contributed by atoms with Gasteiger partial charge in [0.25, 0.3) is 11.8 Å². The van der Waals surface area contributed by atoms with Crippen LogP contribution in [0, 0.1) is 0 Å². The van der Waals surface area contributed by atoms with Crippen molar-refractivity contribution in [3.05, 3.63) is 59.1 Å². The van der Waals surface area contributed by atoms with E-state index in [0.717, 1.165) is 28.6 Å². The summed E-state index contributed by atoms with van der Waals surface area (Å²) in [5, 5.41) is 5.76. The summed E-state index contributed by atoms with van der Waals surface area (Å²) in [6.45, 7) is 1.04. The van der Waals surface area contributed by atoms with Crippen molar-refractivity contribution in [1.29, 1.82) is 0 Å². The van der Waals surface area contributed by atoms with E-state index in [0.29, 0.717) is 24.4 Å². The van der Waals surface area contributed by atoms with E-state index in [4.69, 9.17) is 4.74 Å². The van der Waals surface area contributed by atoms with Crippen molar-refractivity contribution in [1.82, 2.24) is 10.3 Å². The SMILES string of the molecule is O=C(NCc1cccc2ncsc12)c1cccc(NC(=O)C2CCCO2)c1. The van der Waals surface area contributed by atoms with E-state index in [2.05, 4.69) is 15.6 Å². The number of rotatable bonds is 5. The molecule has 1 fully saturated rings. The Morgan fingerprint density at radius 1 is 1.22 bits per heavy atom. The van der Waals surface area contributed by atoms with Gasteiger partial charge in [0.2, 0.25) is 0 Å². The van der Waals surface area contributed by atoms with Gasteiger partial charge in [0.05, 0.1) is 15.7 Å². The lowest BCUT2D eigenvalue weighted by molar-refractivity contribution is -0.124. The van der Waals surface area contributed by atoms with Gasteiger partial charge in [-0.2, -0.15) is 0 Å². The fourth-order valence-electron chi connectivity index (χ4n) is 3.11. The molecule has 27 heavy (non-hydrogen) atoms. The third-order valence-corrected chi connectivity index (χ3v) is 5.41. The van der Waals surface area contributed by atoms with Crippen LogP contribution in [0.15, 0.2) is 48.0 Å². The van der Waals surface area contributed by atoms with Crippen molar-refractivity contribution in [3.63, 3.8) is 0 Å². The molecule has 2 aromatic carbocycles. The number of hydrogen-bond acceptors (Lipinski definition) is 5. The second kappa shape index (κ2) is 7.85. The zero-order chi connectivity index (χ0) is 18.6. The molecule has 0 saturated carbocycles. The molecule has 0 bridgehead atoms. The molecule has 2 heterocycles. The Balaban J connectivity index is 1.41. The molecule has 0 spiro atoms. The van der Waals surface area contributed by atoms with E-state index in [1.54, 1.807) is 41.1 Å². The molecule has 1 aliphatic rings. The lowest BCUT2D eigenvalue weighted by Gasteiger charge is -2.11. The van der Waals surface area contributed by atoms with Gasteiger partial charge in [-0.1, -0.05) is 18.2 Å². The standard InChI is InChI=1S/C20H19N3O3S/c24-19(21-11-14-5-2-7-16-18(14)27-12-22-16)13-4-1-6-15(10-13)23-20(25)17-8-3-9-26-17/h1-2,4-7,10,12,17H,3,8-9,11H2,(H,21,24)(H,23,25). The average molecular weight is 381 g/mol. The molecular weight excluding hydrogens is 362 g/mol. The van der Waals surface area contributed by atoms with Crippen molar-refractivity contribution < 1.29 is 14.3 Å². The first-order chi connectivity index (χ1) is 13.2. The molecule has 1 saturated heterocycles. The molecule has 1 aliphatic heterocycles. The number of thiazole rings is 1. The Labute approximate surface area is 160 Å². The van der Waals surface area contributed by atoms with Gasteiger partial charge < -0.3 is 15.4 Å². The largest absolute Gasteiger partial charge is 0.368 e. The molecule has 1 unspecified atom stereocenters.